The molecule has 20 heavy (non-hydrogen) atoms. The molecule has 0 saturated heterocycles. The van der Waals surface area contributed by atoms with Gasteiger partial charge in [0.05, 0.1) is 17.8 Å². The number of amides is 1. The highest BCUT2D eigenvalue weighted by molar-refractivity contribution is 6.02. The standard InChI is InChI=1S/C13H16N4O3/c1-6-9(7(2)17-16-6)4-11(18)15-10-5-14-8(3)12(10)13(19)20/h5,14H,4H2,1-3H3,(H,15,18)(H,16,17)(H,19,20). The molecule has 106 valence electrons. The van der Waals surface area contributed by atoms with Crippen molar-refractivity contribution in [3.8, 4) is 0 Å². The van der Waals surface area contributed by atoms with Crippen LogP contribution in [0.15, 0.2) is 6.20 Å². The summed E-state index contributed by atoms with van der Waals surface area (Å²) in [7, 11) is 0. The highest BCUT2D eigenvalue weighted by Crippen LogP contribution is 2.20. The fourth-order valence-corrected chi connectivity index (χ4v) is 2.09. The average molecular weight is 276 g/mol. The van der Waals surface area contributed by atoms with Gasteiger partial charge in [-0.1, -0.05) is 0 Å². The molecular weight excluding hydrogens is 260 g/mol. The van der Waals surface area contributed by atoms with Crippen molar-refractivity contribution in [1.29, 1.82) is 0 Å². The van der Waals surface area contributed by atoms with E-state index in [9.17, 15) is 9.59 Å². The predicted molar refractivity (Wildman–Crippen MR) is 72.9 cm³/mol. The molecule has 0 atom stereocenters. The number of aromatic carboxylic acids is 1. The Morgan fingerprint density at radius 2 is 2.00 bits per heavy atom. The normalized spacial score (nSPS) is 10.6. The Balaban J connectivity index is 2.15. The van der Waals surface area contributed by atoms with E-state index in [0.717, 1.165) is 17.0 Å². The first-order valence-corrected chi connectivity index (χ1v) is 6.11. The van der Waals surface area contributed by atoms with E-state index in [1.165, 1.54) is 6.20 Å². The van der Waals surface area contributed by atoms with Crippen molar-refractivity contribution in [2.45, 2.75) is 27.2 Å². The van der Waals surface area contributed by atoms with E-state index in [2.05, 4.69) is 20.5 Å². The van der Waals surface area contributed by atoms with Crippen molar-refractivity contribution >= 4 is 17.6 Å². The van der Waals surface area contributed by atoms with Crippen molar-refractivity contribution in [3.63, 3.8) is 0 Å². The third-order valence-electron chi connectivity index (χ3n) is 3.18. The summed E-state index contributed by atoms with van der Waals surface area (Å²) in [6, 6.07) is 0. The van der Waals surface area contributed by atoms with Gasteiger partial charge < -0.3 is 15.4 Å². The number of nitrogens with zero attached hydrogens (tertiary/aromatic N) is 1. The quantitative estimate of drug-likeness (QED) is 0.678. The number of carboxylic acid groups (broad SMARTS) is 1. The highest BCUT2D eigenvalue weighted by Gasteiger charge is 2.18. The fourth-order valence-electron chi connectivity index (χ4n) is 2.09. The third-order valence-corrected chi connectivity index (χ3v) is 3.18. The zero-order valence-corrected chi connectivity index (χ0v) is 11.5. The predicted octanol–water partition coefficient (Wildman–Crippen LogP) is 1.54. The zero-order chi connectivity index (χ0) is 14.9. The van der Waals surface area contributed by atoms with Crippen molar-refractivity contribution in [3.05, 3.63) is 34.4 Å². The number of rotatable bonds is 4. The Morgan fingerprint density at radius 3 is 2.55 bits per heavy atom. The van der Waals surface area contributed by atoms with Crippen LogP contribution >= 0.6 is 0 Å². The maximum Gasteiger partial charge on any atom is 0.339 e. The second kappa shape index (κ2) is 5.20. The molecule has 0 unspecified atom stereocenters. The Bertz CT molecular complexity index is 650. The molecular formula is C13H16N4O3. The summed E-state index contributed by atoms with van der Waals surface area (Å²) < 4.78 is 0. The molecule has 2 aromatic heterocycles. The lowest BCUT2D eigenvalue weighted by Gasteiger charge is -2.05. The molecule has 0 aliphatic carbocycles. The molecule has 0 spiro atoms. The number of carboxylic acids is 1. The SMILES string of the molecule is Cc1n[nH]c(C)c1CC(=O)Nc1c[nH]c(C)c1C(=O)O. The number of H-pyrrole nitrogens is 2. The van der Waals surface area contributed by atoms with Crippen LogP contribution in [0.5, 0.6) is 0 Å². The molecule has 2 rings (SSSR count). The van der Waals surface area contributed by atoms with E-state index in [1.54, 1.807) is 6.92 Å². The molecule has 0 radical (unpaired) electrons. The van der Waals surface area contributed by atoms with Gasteiger partial charge in [-0.05, 0) is 20.8 Å². The van der Waals surface area contributed by atoms with Crippen LogP contribution in [0.3, 0.4) is 0 Å². The smallest absolute Gasteiger partial charge is 0.339 e. The van der Waals surface area contributed by atoms with Gasteiger partial charge in [0.2, 0.25) is 5.91 Å². The number of carbonyl (C=O) groups is 2. The van der Waals surface area contributed by atoms with Crippen LogP contribution in [0.4, 0.5) is 5.69 Å². The monoisotopic (exact) mass is 276 g/mol. The molecule has 0 aliphatic heterocycles. The highest BCUT2D eigenvalue weighted by atomic mass is 16.4. The molecule has 0 saturated carbocycles. The summed E-state index contributed by atoms with van der Waals surface area (Å²) >= 11 is 0. The summed E-state index contributed by atoms with van der Waals surface area (Å²) in [6.45, 7) is 5.30. The lowest BCUT2D eigenvalue weighted by atomic mass is 10.1. The van der Waals surface area contributed by atoms with Crippen LogP contribution in [0.2, 0.25) is 0 Å². The van der Waals surface area contributed by atoms with Gasteiger partial charge in [0, 0.05) is 23.1 Å². The Kier molecular flexibility index (Phi) is 3.60. The number of nitrogens with one attached hydrogen (secondary N) is 3. The molecule has 2 heterocycles. The minimum absolute atomic E-state index is 0.0824. The van der Waals surface area contributed by atoms with Gasteiger partial charge in [0.25, 0.3) is 0 Å². The number of aryl methyl sites for hydroxylation is 3. The van der Waals surface area contributed by atoms with Gasteiger partial charge in [-0.15, -0.1) is 0 Å². The summed E-state index contributed by atoms with van der Waals surface area (Å²) in [4.78, 5) is 25.9. The van der Waals surface area contributed by atoms with E-state index in [-0.39, 0.29) is 23.6 Å². The first-order valence-electron chi connectivity index (χ1n) is 6.11. The van der Waals surface area contributed by atoms with Gasteiger partial charge >= 0.3 is 5.97 Å². The molecule has 0 aromatic carbocycles. The molecule has 7 heteroatoms. The van der Waals surface area contributed by atoms with Crippen LogP contribution in [0.1, 0.15) is 33.0 Å². The maximum atomic E-state index is 12.0. The summed E-state index contributed by atoms with van der Waals surface area (Å²) in [5, 5.41) is 18.6. The van der Waals surface area contributed by atoms with Gasteiger partial charge in [-0.3, -0.25) is 9.89 Å². The summed E-state index contributed by atoms with van der Waals surface area (Å²) in [5.41, 5.74) is 3.29. The minimum atomic E-state index is -1.07. The van der Waals surface area contributed by atoms with Gasteiger partial charge in [0.15, 0.2) is 0 Å². The third kappa shape index (κ3) is 2.56. The Hall–Kier alpha value is -2.57. The summed E-state index contributed by atoms with van der Waals surface area (Å²) in [6.07, 6.45) is 1.63. The Labute approximate surface area is 115 Å². The van der Waals surface area contributed by atoms with Crippen LogP contribution in [-0.2, 0) is 11.2 Å². The number of anilines is 1. The van der Waals surface area contributed by atoms with E-state index >= 15 is 0 Å². The molecule has 1 amide bonds. The van der Waals surface area contributed by atoms with Gasteiger partial charge in [0.1, 0.15) is 5.56 Å². The first-order chi connectivity index (χ1) is 9.40. The number of carbonyl (C=O) groups excluding carboxylic acids is 1. The van der Waals surface area contributed by atoms with Crippen LogP contribution < -0.4 is 5.32 Å². The number of aromatic nitrogens is 3. The molecule has 0 fully saturated rings. The van der Waals surface area contributed by atoms with E-state index < -0.39 is 5.97 Å². The van der Waals surface area contributed by atoms with Crippen LogP contribution in [0.25, 0.3) is 0 Å². The van der Waals surface area contributed by atoms with Crippen molar-refractivity contribution in [2.75, 3.05) is 5.32 Å². The fraction of sp³-hybridized carbons (Fsp3) is 0.308. The largest absolute Gasteiger partial charge is 0.478 e. The molecule has 4 N–H and O–H groups in total. The second-order valence-corrected chi connectivity index (χ2v) is 4.65. The van der Waals surface area contributed by atoms with Gasteiger partial charge in [-0.25, -0.2) is 4.79 Å². The van der Waals surface area contributed by atoms with Crippen LogP contribution in [0, 0.1) is 20.8 Å². The summed E-state index contributed by atoms with van der Waals surface area (Å²) in [5.74, 6) is -1.35. The minimum Gasteiger partial charge on any atom is -0.478 e. The zero-order valence-electron chi connectivity index (χ0n) is 11.5. The van der Waals surface area contributed by atoms with Crippen molar-refractivity contribution in [2.24, 2.45) is 0 Å². The number of aromatic amines is 2. The molecule has 0 aliphatic rings. The van der Waals surface area contributed by atoms with E-state index in [1.807, 2.05) is 13.8 Å². The van der Waals surface area contributed by atoms with Crippen molar-refractivity contribution < 1.29 is 14.7 Å². The topological polar surface area (TPSA) is 111 Å². The first kappa shape index (κ1) is 13.9. The van der Waals surface area contributed by atoms with E-state index in [0.29, 0.717) is 5.69 Å². The number of hydrogen-bond acceptors (Lipinski definition) is 3. The second-order valence-electron chi connectivity index (χ2n) is 4.65. The lowest BCUT2D eigenvalue weighted by molar-refractivity contribution is -0.115. The van der Waals surface area contributed by atoms with E-state index in [4.69, 9.17) is 5.11 Å². The lowest BCUT2D eigenvalue weighted by Crippen LogP contribution is -2.16. The Morgan fingerprint density at radius 1 is 1.30 bits per heavy atom. The van der Waals surface area contributed by atoms with Crippen LogP contribution in [-0.4, -0.2) is 32.2 Å². The molecule has 2 aromatic rings. The van der Waals surface area contributed by atoms with Crippen molar-refractivity contribution in [1.82, 2.24) is 15.2 Å². The average Bonchev–Trinajstić information content (AvgIpc) is 2.87. The molecule has 0 bridgehead atoms. The number of hydrogen-bond donors (Lipinski definition) is 4. The molecule has 7 nitrogen and oxygen atoms in total. The van der Waals surface area contributed by atoms with Gasteiger partial charge in [-0.2, -0.15) is 5.10 Å². The maximum absolute atomic E-state index is 12.0.